The molecule has 0 amide bonds. The van der Waals surface area contributed by atoms with Gasteiger partial charge in [0.15, 0.2) is 0 Å². The molecule has 2 N–H and O–H groups in total. The Labute approximate surface area is 168 Å². The number of hydrogen-bond acceptors (Lipinski definition) is 4. The number of benzene rings is 2. The molecular formula is C21H20Cl2N2O2. The molecule has 0 saturated carbocycles. The van der Waals surface area contributed by atoms with Crippen LogP contribution in [0.2, 0.25) is 10.0 Å². The molecule has 0 aromatic heterocycles. The van der Waals surface area contributed by atoms with Gasteiger partial charge in [0.2, 0.25) is 0 Å². The molecule has 2 unspecified atom stereocenters. The Morgan fingerprint density at radius 3 is 2.41 bits per heavy atom. The number of carbonyl (C=O) groups is 1. The number of esters is 1. The number of ether oxygens (including phenoxy) is 1. The fourth-order valence-electron chi connectivity index (χ4n) is 3.35. The van der Waals surface area contributed by atoms with Crippen LogP contribution in [-0.4, -0.2) is 24.8 Å². The number of hydrogen-bond donors (Lipinski definition) is 1. The van der Waals surface area contributed by atoms with Crippen LogP contribution in [0, 0.1) is 5.92 Å². The van der Waals surface area contributed by atoms with Crippen molar-refractivity contribution in [3.8, 4) is 0 Å². The first kappa shape index (κ1) is 19.5. The molecule has 3 rings (SSSR count). The van der Waals surface area contributed by atoms with Crippen molar-refractivity contribution in [1.82, 2.24) is 0 Å². The minimum absolute atomic E-state index is 0.335. The summed E-state index contributed by atoms with van der Waals surface area (Å²) >= 11 is 12.8. The highest BCUT2D eigenvalue weighted by Crippen LogP contribution is 2.38. The molecule has 1 aliphatic rings. The van der Waals surface area contributed by atoms with Crippen molar-refractivity contribution < 1.29 is 9.53 Å². The van der Waals surface area contributed by atoms with Crippen LogP contribution in [0.5, 0.6) is 0 Å². The van der Waals surface area contributed by atoms with E-state index in [0.29, 0.717) is 28.6 Å². The van der Waals surface area contributed by atoms with Gasteiger partial charge >= 0.3 is 5.97 Å². The maximum atomic E-state index is 12.7. The SMILES string of the molecule is COC(=O)C(Cc1ccc(N)cc1)C1(Cc2c(Cl)cccc2Cl)C=CC=N1. The van der Waals surface area contributed by atoms with E-state index in [1.165, 1.54) is 7.11 Å². The van der Waals surface area contributed by atoms with E-state index >= 15 is 0 Å². The minimum Gasteiger partial charge on any atom is -0.469 e. The first-order chi connectivity index (χ1) is 12.9. The summed E-state index contributed by atoms with van der Waals surface area (Å²) in [6, 6.07) is 12.8. The van der Waals surface area contributed by atoms with E-state index in [1.54, 1.807) is 24.4 Å². The predicted octanol–water partition coefficient (Wildman–Crippen LogP) is 4.53. The molecule has 4 nitrogen and oxygen atoms in total. The maximum Gasteiger partial charge on any atom is 0.311 e. The Morgan fingerprint density at radius 2 is 1.85 bits per heavy atom. The van der Waals surface area contributed by atoms with Crippen LogP contribution >= 0.6 is 23.2 Å². The van der Waals surface area contributed by atoms with Crippen LogP contribution in [-0.2, 0) is 22.4 Å². The highest BCUT2D eigenvalue weighted by Gasteiger charge is 2.43. The zero-order chi connectivity index (χ0) is 19.4. The number of allylic oxidation sites excluding steroid dienone is 1. The third kappa shape index (κ3) is 4.18. The summed E-state index contributed by atoms with van der Waals surface area (Å²) in [6.45, 7) is 0. The summed E-state index contributed by atoms with van der Waals surface area (Å²) in [7, 11) is 1.39. The van der Waals surface area contributed by atoms with E-state index in [4.69, 9.17) is 33.7 Å². The van der Waals surface area contributed by atoms with Crippen molar-refractivity contribution in [2.75, 3.05) is 12.8 Å². The second-order valence-electron chi connectivity index (χ2n) is 6.53. The molecule has 6 heteroatoms. The average molecular weight is 403 g/mol. The standard InChI is InChI=1S/C21H20Cl2N2O2/c1-27-20(26)17(12-14-6-8-15(24)9-7-14)21(10-3-11-25-21)13-16-18(22)4-2-5-19(16)23/h2-11,17H,12-13,24H2,1H3. The number of nitrogens with zero attached hydrogens (tertiary/aromatic N) is 1. The van der Waals surface area contributed by atoms with Gasteiger partial charge in [0.25, 0.3) is 0 Å². The number of methoxy groups -OCH3 is 1. The lowest BCUT2D eigenvalue weighted by Gasteiger charge is -2.32. The van der Waals surface area contributed by atoms with E-state index in [2.05, 4.69) is 4.99 Å². The Kier molecular flexibility index (Phi) is 5.88. The quantitative estimate of drug-likeness (QED) is 0.569. The molecule has 2 aromatic carbocycles. The Balaban J connectivity index is 2.00. The highest BCUT2D eigenvalue weighted by atomic mass is 35.5. The van der Waals surface area contributed by atoms with Gasteiger partial charge in [0.05, 0.1) is 18.6 Å². The number of carbonyl (C=O) groups excluding carboxylic acids is 1. The van der Waals surface area contributed by atoms with Crippen LogP contribution in [0.15, 0.2) is 59.6 Å². The second kappa shape index (κ2) is 8.15. The van der Waals surface area contributed by atoms with Crippen LogP contribution in [0.25, 0.3) is 0 Å². The van der Waals surface area contributed by atoms with Crippen LogP contribution < -0.4 is 5.73 Å². The summed E-state index contributed by atoms with van der Waals surface area (Å²) in [5.41, 5.74) is 7.36. The van der Waals surface area contributed by atoms with Gasteiger partial charge in [-0.2, -0.15) is 0 Å². The van der Waals surface area contributed by atoms with Gasteiger partial charge in [-0.3, -0.25) is 9.79 Å². The number of nitrogens with two attached hydrogens (primary N) is 1. The normalized spacial score (nSPS) is 19.2. The maximum absolute atomic E-state index is 12.7. The third-order valence-corrected chi connectivity index (χ3v) is 5.52. The van der Waals surface area contributed by atoms with E-state index in [9.17, 15) is 4.79 Å². The van der Waals surface area contributed by atoms with Crippen LogP contribution in [0.3, 0.4) is 0 Å². The Morgan fingerprint density at radius 1 is 1.19 bits per heavy atom. The number of aliphatic imine (C=N–C) groups is 1. The average Bonchev–Trinajstić information content (AvgIpc) is 3.13. The Bertz CT molecular complexity index is 859. The molecule has 1 aliphatic heterocycles. The predicted molar refractivity (Wildman–Crippen MR) is 111 cm³/mol. The fraction of sp³-hybridized carbons (Fsp3) is 0.238. The highest BCUT2D eigenvalue weighted by molar-refractivity contribution is 6.36. The molecule has 0 saturated heterocycles. The van der Waals surface area contributed by atoms with Gasteiger partial charge in [-0.1, -0.05) is 47.5 Å². The molecule has 27 heavy (non-hydrogen) atoms. The smallest absolute Gasteiger partial charge is 0.311 e. The molecule has 2 atom stereocenters. The van der Waals surface area contributed by atoms with E-state index in [-0.39, 0.29) is 5.97 Å². The summed E-state index contributed by atoms with van der Waals surface area (Å²) in [6.07, 6.45) is 6.31. The molecule has 2 aromatic rings. The van der Waals surface area contributed by atoms with Crippen molar-refractivity contribution in [2.45, 2.75) is 18.4 Å². The van der Waals surface area contributed by atoms with Crippen LogP contribution in [0.4, 0.5) is 5.69 Å². The van der Waals surface area contributed by atoms with E-state index < -0.39 is 11.5 Å². The molecular weight excluding hydrogens is 383 g/mol. The van der Waals surface area contributed by atoms with Gasteiger partial charge in [-0.05, 0) is 47.9 Å². The summed E-state index contributed by atoms with van der Waals surface area (Å²) in [5, 5.41) is 1.10. The van der Waals surface area contributed by atoms with Crippen molar-refractivity contribution in [1.29, 1.82) is 0 Å². The van der Waals surface area contributed by atoms with Gasteiger partial charge < -0.3 is 10.5 Å². The molecule has 0 radical (unpaired) electrons. The first-order valence-corrected chi connectivity index (χ1v) is 9.29. The monoisotopic (exact) mass is 402 g/mol. The van der Waals surface area contributed by atoms with Gasteiger partial charge in [0.1, 0.15) is 0 Å². The molecule has 0 fully saturated rings. The number of halogens is 2. The molecule has 0 spiro atoms. The summed E-state index contributed by atoms with van der Waals surface area (Å²) in [5.74, 6) is -0.868. The minimum atomic E-state index is -0.816. The van der Waals surface area contributed by atoms with E-state index in [0.717, 1.165) is 11.1 Å². The van der Waals surface area contributed by atoms with Crippen molar-refractivity contribution >= 4 is 41.1 Å². The summed E-state index contributed by atoms with van der Waals surface area (Å²) < 4.78 is 5.11. The lowest BCUT2D eigenvalue weighted by molar-refractivity contribution is -0.147. The molecule has 0 bridgehead atoms. The zero-order valence-electron chi connectivity index (χ0n) is 14.9. The molecule has 1 heterocycles. The zero-order valence-corrected chi connectivity index (χ0v) is 16.4. The summed E-state index contributed by atoms with van der Waals surface area (Å²) in [4.78, 5) is 17.4. The van der Waals surface area contributed by atoms with Crippen LogP contribution in [0.1, 0.15) is 11.1 Å². The largest absolute Gasteiger partial charge is 0.469 e. The lowest BCUT2D eigenvalue weighted by atomic mass is 9.76. The Hall–Kier alpha value is -2.30. The van der Waals surface area contributed by atoms with Crippen molar-refractivity contribution in [3.05, 3.63) is 75.8 Å². The fourth-order valence-corrected chi connectivity index (χ4v) is 3.88. The van der Waals surface area contributed by atoms with E-state index in [1.807, 2.05) is 36.4 Å². The molecule has 140 valence electrons. The second-order valence-corrected chi connectivity index (χ2v) is 7.34. The third-order valence-electron chi connectivity index (χ3n) is 4.82. The van der Waals surface area contributed by atoms with Crippen molar-refractivity contribution in [3.63, 3.8) is 0 Å². The van der Waals surface area contributed by atoms with Crippen molar-refractivity contribution in [2.24, 2.45) is 10.9 Å². The van der Waals surface area contributed by atoms with Gasteiger partial charge in [-0.25, -0.2) is 0 Å². The van der Waals surface area contributed by atoms with Gasteiger partial charge in [0, 0.05) is 28.4 Å². The number of nitrogen functional groups attached to an aromatic ring is 1. The molecule has 0 aliphatic carbocycles. The first-order valence-electron chi connectivity index (χ1n) is 8.53. The number of anilines is 1. The topological polar surface area (TPSA) is 64.7 Å². The number of rotatable bonds is 6. The lowest BCUT2D eigenvalue weighted by Crippen LogP contribution is -2.42. The van der Waals surface area contributed by atoms with Gasteiger partial charge in [-0.15, -0.1) is 0 Å².